The minimum atomic E-state index is -1.58. The molecule has 0 saturated heterocycles. The smallest absolute Gasteiger partial charge is 0.303 e. The van der Waals surface area contributed by atoms with Gasteiger partial charge in [0.1, 0.15) is 18.3 Å². The molecule has 0 aliphatic heterocycles. The molecular weight excluding hydrogens is 353 g/mol. The SMILES string of the molecule is CC(=O)OC(c1ccccc1Cl)C(O)(Cn1cncn1)C1(Cl)CC1. The first-order valence-corrected chi connectivity index (χ1v) is 8.27. The number of nitrogens with zero attached hydrogens (tertiary/aromatic N) is 3. The molecule has 0 spiro atoms. The van der Waals surface area contributed by atoms with Crippen molar-refractivity contribution in [2.75, 3.05) is 0 Å². The number of aliphatic hydroxyl groups is 1. The van der Waals surface area contributed by atoms with Crippen LogP contribution in [-0.4, -0.2) is 36.3 Å². The van der Waals surface area contributed by atoms with Gasteiger partial charge in [-0.05, 0) is 18.9 Å². The molecule has 1 aliphatic rings. The highest BCUT2D eigenvalue weighted by Crippen LogP contribution is 2.57. The Balaban J connectivity index is 2.07. The molecule has 1 heterocycles. The maximum absolute atomic E-state index is 11.7. The Morgan fingerprint density at radius 2 is 2.21 bits per heavy atom. The van der Waals surface area contributed by atoms with Crippen LogP contribution < -0.4 is 0 Å². The molecule has 1 N–H and O–H groups in total. The van der Waals surface area contributed by atoms with Gasteiger partial charge in [0.25, 0.3) is 0 Å². The van der Waals surface area contributed by atoms with Crippen LogP contribution in [0.3, 0.4) is 0 Å². The molecule has 1 aliphatic carbocycles. The van der Waals surface area contributed by atoms with Crippen LogP contribution in [0.4, 0.5) is 0 Å². The fourth-order valence-electron chi connectivity index (χ4n) is 2.84. The standard InChI is InChI=1S/C16H17Cl2N3O3/c1-11(22)24-14(12-4-2-3-5-13(12)17)16(23,15(18)6-7-15)8-21-10-19-9-20-21/h2-5,9-10,14,23H,6-8H2,1H3. The molecule has 1 fully saturated rings. The van der Waals surface area contributed by atoms with E-state index in [4.69, 9.17) is 27.9 Å². The van der Waals surface area contributed by atoms with Crippen LogP contribution in [0.2, 0.25) is 5.02 Å². The van der Waals surface area contributed by atoms with Gasteiger partial charge in [-0.25, -0.2) is 9.67 Å². The molecule has 128 valence electrons. The molecule has 2 aromatic rings. The molecule has 3 rings (SSSR count). The molecule has 1 aromatic carbocycles. The second-order valence-electron chi connectivity index (χ2n) is 5.99. The Morgan fingerprint density at radius 1 is 1.50 bits per heavy atom. The molecule has 24 heavy (non-hydrogen) atoms. The van der Waals surface area contributed by atoms with Crippen molar-refractivity contribution in [1.82, 2.24) is 14.8 Å². The van der Waals surface area contributed by atoms with Crippen molar-refractivity contribution in [1.29, 1.82) is 0 Å². The van der Waals surface area contributed by atoms with Crippen molar-refractivity contribution >= 4 is 29.2 Å². The minimum absolute atomic E-state index is 0.0275. The van der Waals surface area contributed by atoms with Crippen LogP contribution in [-0.2, 0) is 16.1 Å². The predicted molar refractivity (Wildman–Crippen MR) is 88.7 cm³/mol. The summed E-state index contributed by atoms with van der Waals surface area (Å²) in [5, 5.41) is 15.9. The molecular formula is C16H17Cl2N3O3. The van der Waals surface area contributed by atoms with E-state index >= 15 is 0 Å². The summed E-state index contributed by atoms with van der Waals surface area (Å²) in [6.07, 6.45) is 3.02. The number of alkyl halides is 1. The van der Waals surface area contributed by atoms with Gasteiger partial charge in [0.15, 0.2) is 6.10 Å². The van der Waals surface area contributed by atoms with Crippen molar-refractivity contribution in [2.45, 2.75) is 42.9 Å². The Kier molecular flexibility index (Phi) is 4.55. The fourth-order valence-corrected chi connectivity index (χ4v) is 3.32. The van der Waals surface area contributed by atoms with Crippen molar-refractivity contribution in [3.63, 3.8) is 0 Å². The van der Waals surface area contributed by atoms with Gasteiger partial charge in [0, 0.05) is 17.5 Å². The van der Waals surface area contributed by atoms with E-state index in [2.05, 4.69) is 10.1 Å². The summed E-state index contributed by atoms with van der Waals surface area (Å²) in [5.41, 5.74) is -1.08. The normalized spacial score (nSPS) is 19.3. The number of hydrogen-bond acceptors (Lipinski definition) is 5. The van der Waals surface area contributed by atoms with E-state index in [0.717, 1.165) is 0 Å². The lowest BCUT2D eigenvalue weighted by Crippen LogP contribution is -2.51. The molecule has 0 radical (unpaired) electrons. The van der Waals surface area contributed by atoms with Gasteiger partial charge in [-0.2, -0.15) is 5.10 Å². The van der Waals surface area contributed by atoms with E-state index < -0.39 is 22.5 Å². The molecule has 2 unspecified atom stereocenters. The Hall–Kier alpha value is -1.63. The summed E-state index contributed by atoms with van der Waals surface area (Å²) >= 11 is 12.9. The number of rotatable bonds is 6. The first-order valence-electron chi connectivity index (χ1n) is 7.51. The molecule has 6 nitrogen and oxygen atoms in total. The molecule has 1 aromatic heterocycles. The molecule has 0 bridgehead atoms. The van der Waals surface area contributed by atoms with Gasteiger partial charge in [0.05, 0.1) is 11.4 Å². The first-order chi connectivity index (χ1) is 11.4. The third kappa shape index (κ3) is 3.14. The van der Waals surface area contributed by atoms with E-state index in [0.29, 0.717) is 23.4 Å². The molecule has 2 atom stereocenters. The van der Waals surface area contributed by atoms with Crippen molar-refractivity contribution in [3.05, 3.63) is 47.5 Å². The summed E-state index contributed by atoms with van der Waals surface area (Å²) in [7, 11) is 0. The summed E-state index contributed by atoms with van der Waals surface area (Å²) in [6, 6.07) is 6.92. The third-order valence-electron chi connectivity index (χ3n) is 4.24. The van der Waals surface area contributed by atoms with Crippen LogP contribution >= 0.6 is 23.2 Å². The predicted octanol–water partition coefficient (Wildman–Crippen LogP) is 2.74. The van der Waals surface area contributed by atoms with Crippen molar-refractivity contribution in [2.24, 2.45) is 0 Å². The Labute approximate surface area is 149 Å². The lowest BCUT2D eigenvalue weighted by Gasteiger charge is -2.39. The van der Waals surface area contributed by atoms with Crippen LogP contribution in [0, 0.1) is 0 Å². The maximum atomic E-state index is 11.7. The summed E-state index contributed by atoms with van der Waals surface area (Å²) < 4.78 is 6.95. The molecule has 8 heteroatoms. The Morgan fingerprint density at radius 3 is 2.75 bits per heavy atom. The van der Waals surface area contributed by atoms with Gasteiger partial charge in [-0.15, -0.1) is 11.6 Å². The quantitative estimate of drug-likeness (QED) is 0.625. The lowest BCUT2D eigenvalue weighted by molar-refractivity contribution is -0.168. The zero-order valence-corrected chi connectivity index (χ0v) is 14.5. The van der Waals surface area contributed by atoms with Gasteiger partial charge in [-0.1, -0.05) is 29.8 Å². The highest BCUT2D eigenvalue weighted by molar-refractivity contribution is 6.31. The first kappa shape index (κ1) is 17.2. The van der Waals surface area contributed by atoms with E-state index in [9.17, 15) is 9.90 Å². The van der Waals surface area contributed by atoms with E-state index in [-0.39, 0.29) is 6.54 Å². The van der Waals surface area contributed by atoms with Crippen LogP contribution in [0.15, 0.2) is 36.9 Å². The number of carbonyl (C=O) groups is 1. The van der Waals surface area contributed by atoms with E-state index in [1.165, 1.54) is 24.3 Å². The lowest BCUT2D eigenvalue weighted by atomic mass is 9.85. The average molecular weight is 370 g/mol. The highest BCUT2D eigenvalue weighted by Gasteiger charge is 2.63. The topological polar surface area (TPSA) is 77.2 Å². The number of carbonyl (C=O) groups excluding carboxylic acids is 1. The van der Waals surface area contributed by atoms with Gasteiger partial charge >= 0.3 is 5.97 Å². The van der Waals surface area contributed by atoms with Gasteiger partial charge in [0.2, 0.25) is 0 Å². The van der Waals surface area contributed by atoms with Gasteiger partial charge in [-0.3, -0.25) is 4.79 Å². The number of hydrogen-bond donors (Lipinski definition) is 1. The highest BCUT2D eigenvalue weighted by atomic mass is 35.5. The summed E-state index contributed by atoms with van der Waals surface area (Å²) in [6.45, 7) is 1.31. The second kappa shape index (κ2) is 6.35. The van der Waals surface area contributed by atoms with Crippen molar-refractivity contribution in [3.8, 4) is 0 Å². The Bertz CT molecular complexity index is 734. The van der Waals surface area contributed by atoms with Crippen LogP contribution in [0.25, 0.3) is 0 Å². The van der Waals surface area contributed by atoms with Crippen LogP contribution in [0.1, 0.15) is 31.4 Å². The molecule has 0 amide bonds. The van der Waals surface area contributed by atoms with Gasteiger partial charge < -0.3 is 9.84 Å². The summed E-state index contributed by atoms with van der Waals surface area (Å²) in [5.74, 6) is -0.530. The van der Waals surface area contributed by atoms with Crippen molar-refractivity contribution < 1.29 is 14.6 Å². The van der Waals surface area contributed by atoms with E-state index in [1.807, 2.05) is 0 Å². The number of halogens is 2. The number of ether oxygens (including phenoxy) is 1. The van der Waals surface area contributed by atoms with E-state index in [1.54, 1.807) is 24.3 Å². The number of aromatic nitrogens is 3. The maximum Gasteiger partial charge on any atom is 0.303 e. The average Bonchev–Trinajstić information content (AvgIpc) is 3.09. The zero-order valence-electron chi connectivity index (χ0n) is 13.0. The monoisotopic (exact) mass is 369 g/mol. The number of benzene rings is 1. The third-order valence-corrected chi connectivity index (χ3v) is 5.29. The second-order valence-corrected chi connectivity index (χ2v) is 7.12. The minimum Gasteiger partial charge on any atom is -0.454 e. The molecule has 1 saturated carbocycles. The fraction of sp³-hybridized carbons (Fsp3) is 0.438. The summed E-state index contributed by atoms with van der Waals surface area (Å²) in [4.78, 5) is 14.6. The largest absolute Gasteiger partial charge is 0.454 e. The number of esters is 1. The van der Waals surface area contributed by atoms with Crippen LogP contribution in [0.5, 0.6) is 0 Å². The zero-order chi connectivity index (χ0) is 17.4.